The van der Waals surface area contributed by atoms with Crippen LogP contribution in [0.4, 0.5) is 4.79 Å². The number of thiol groups is 1. The number of nitrogens with one attached hydrogen (secondary N) is 1. The first-order valence-electron chi connectivity index (χ1n) is 8.35. The van der Waals surface area contributed by atoms with Crippen molar-refractivity contribution in [1.82, 2.24) is 19.8 Å². The first kappa shape index (κ1) is 17.5. The van der Waals surface area contributed by atoms with Crippen molar-refractivity contribution < 1.29 is 9.59 Å². The normalized spacial score (nSPS) is 19.2. The highest BCUT2D eigenvalue weighted by Crippen LogP contribution is 2.35. The van der Waals surface area contributed by atoms with Gasteiger partial charge in [-0.25, -0.2) is 9.78 Å². The summed E-state index contributed by atoms with van der Waals surface area (Å²) in [7, 11) is 1.87. The van der Waals surface area contributed by atoms with E-state index < -0.39 is 0 Å². The van der Waals surface area contributed by atoms with Gasteiger partial charge in [0.05, 0.1) is 17.3 Å². The minimum absolute atomic E-state index is 0.130. The lowest BCUT2D eigenvalue weighted by Crippen LogP contribution is -2.60. The lowest BCUT2D eigenvalue weighted by Gasteiger charge is -2.41. The lowest BCUT2D eigenvalue weighted by molar-refractivity contribution is -0.140. The number of aromatic nitrogens is 2. The highest BCUT2D eigenvalue weighted by molar-refractivity contribution is 7.80. The molecule has 0 radical (unpaired) electrons. The molecule has 1 saturated heterocycles. The molecule has 3 rings (SSSR count). The predicted molar refractivity (Wildman–Crippen MR) is 98.2 cm³/mol. The van der Waals surface area contributed by atoms with Gasteiger partial charge < -0.3 is 9.88 Å². The fourth-order valence-corrected chi connectivity index (χ4v) is 3.60. The molecule has 3 amide bonds. The average Bonchev–Trinajstić information content (AvgIpc) is 3.03. The van der Waals surface area contributed by atoms with Gasteiger partial charge in [-0.1, -0.05) is 37.3 Å². The van der Waals surface area contributed by atoms with Crippen LogP contribution in [-0.4, -0.2) is 32.4 Å². The van der Waals surface area contributed by atoms with Crippen LogP contribution in [0.3, 0.4) is 0 Å². The third kappa shape index (κ3) is 3.42. The zero-order valence-electron chi connectivity index (χ0n) is 14.3. The van der Waals surface area contributed by atoms with Crippen LogP contribution in [0.1, 0.15) is 42.4 Å². The Kier molecular flexibility index (Phi) is 5.13. The van der Waals surface area contributed by atoms with E-state index in [1.165, 1.54) is 4.90 Å². The summed E-state index contributed by atoms with van der Waals surface area (Å²) in [6.07, 6.45) is 4.56. The van der Waals surface area contributed by atoms with Crippen molar-refractivity contribution in [3.63, 3.8) is 0 Å². The number of nitrogens with zero attached hydrogens (tertiary/aromatic N) is 3. The van der Waals surface area contributed by atoms with Crippen molar-refractivity contribution in [3.05, 3.63) is 54.1 Å². The van der Waals surface area contributed by atoms with Crippen LogP contribution in [0.25, 0.3) is 0 Å². The molecule has 6 nitrogen and oxygen atoms in total. The summed E-state index contributed by atoms with van der Waals surface area (Å²) in [5, 5.41) is 2.66. The van der Waals surface area contributed by atoms with Crippen molar-refractivity contribution in [2.24, 2.45) is 7.05 Å². The monoisotopic (exact) mass is 358 g/mol. The minimum atomic E-state index is -0.370. The molecule has 2 heterocycles. The Hall–Kier alpha value is -2.28. The van der Waals surface area contributed by atoms with Gasteiger partial charge in [-0.15, -0.1) is 0 Å². The Morgan fingerprint density at radius 3 is 2.68 bits per heavy atom. The number of carbonyl (C=O) groups is 2. The first-order chi connectivity index (χ1) is 12.0. The summed E-state index contributed by atoms with van der Waals surface area (Å²) < 4.78 is 1.86. The molecule has 1 unspecified atom stereocenters. The Labute approximate surface area is 152 Å². The summed E-state index contributed by atoms with van der Waals surface area (Å²) >= 11 is 4.60. The van der Waals surface area contributed by atoms with Crippen LogP contribution < -0.4 is 5.32 Å². The number of hydrogen-bond donors (Lipinski definition) is 2. The molecule has 132 valence electrons. The van der Waals surface area contributed by atoms with Gasteiger partial charge in [-0.05, 0) is 12.0 Å². The number of benzene rings is 1. The summed E-state index contributed by atoms with van der Waals surface area (Å²) in [5.74, 6) is 0.562. The molecule has 0 aliphatic carbocycles. The van der Waals surface area contributed by atoms with Crippen LogP contribution >= 0.6 is 12.6 Å². The van der Waals surface area contributed by atoms with Crippen LogP contribution in [0.2, 0.25) is 0 Å². The fraction of sp³-hybridized carbons (Fsp3) is 0.389. The maximum absolute atomic E-state index is 12.7. The van der Waals surface area contributed by atoms with Gasteiger partial charge in [0, 0.05) is 25.9 Å². The highest BCUT2D eigenvalue weighted by Gasteiger charge is 2.46. The molecule has 25 heavy (non-hydrogen) atoms. The largest absolute Gasteiger partial charge is 0.337 e. The topological polar surface area (TPSA) is 67.2 Å². The molecule has 0 bridgehead atoms. The molecular formula is C18H22N4O2S. The van der Waals surface area contributed by atoms with E-state index in [4.69, 9.17) is 0 Å². The number of β-lactam (4-membered cyclic amide) rings is 1. The SMILES string of the molecule is CC[C@@H](NC(=O)N1C(=O)C[C@@H]1C(S)c1nccn1C)c1ccccc1. The second kappa shape index (κ2) is 7.31. The van der Waals surface area contributed by atoms with E-state index in [-0.39, 0.29) is 29.3 Å². The van der Waals surface area contributed by atoms with Crippen molar-refractivity contribution in [1.29, 1.82) is 0 Å². The van der Waals surface area contributed by atoms with Crippen LogP contribution in [0.5, 0.6) is 0 Å². The number of imidazole rings is 1. The minimum Gasteiger partial charge on any atom is -0.337 e. The lowest BCUT2D eigenvalue weighted by atomic mass is 9.97. The van der Waals surface area contributed by atoms with Crippen molar-refractivity contribution >= 4 is 24.6 Å². The molecular weight excluding hydrogens is 336 g/mol. The van der Waals surface area contributed by atoms with E-state index in [9.17, 15) is 9.59 Å². The molecule has 1 aromatic heterocycles. The number of carbonyl (C=O) groups excluding carboxylic acids is 2. The maximum Gasteiger partial charge on any atom is 0.324 e. The molecule has 1 N–H and O–H groups in total. The Balaban J connectivity index is 1.72. The number of urea groups is 1. The second-order valence-electron chi connectivity index (χ2n) is 6.20. The van der Waals surface area contributed by atoms with Crippen molar-refractivity contribution in [3.8, 4) is 0 Å². The van der Waals surface area contributed by atoms with Gasteiger partial charge in [0.15, 0.2) is 0 Å². The van der Waals surface area contributed by atoms with Gasteiger partial charge in [0.1, 0.15) is 5.82 Å². The first-order valence-corrected chi connectivity index (χ1v) is 8.87. The zero-order chi connectivity index (χ0) is 18.0. The number of aryl methyl sites for hydroxylation is 1. The smallest absolute Gasteiger partial charge is 0.324 e. The van der Waals surface area contributed by atoms with Gasteiger partial charge in [0.2, 0.25) is 5.91 Å². The molecule has 1 fully saturated rings. The number of amides is 3. The average molecular weight is 358 g/mol. The van der Waals surface area contributed by atoms with E-state index in [1.54, 1.807) is 6.20 Å². The van der Waals surface area contributed by atoms with Gasteiger partial charge in [-0.2, -0.15) is 12.6 Å². The third-order valence-corrected chi connectivity index (χ3v) is 5.17. The quantitative estimate of drug-likeness (QED) is 0.638. The van der Waals surface area contributed by atoms with E-state index in [2.05, 4.69) is 22.9 Å². The highest BCUT2D eigenvalue weighted by atomic mass is 32.1. The maximum atomic E-state index is 12.7. The third-order valence-electron chi connectivity index (χ3n) is 4.60. The molecule has 1 aliphatic rings. The Morgan fingerprint density at radius 2 is 2.12 bits per heavy atom. The van der Waals surface area contributed by atoms with Crippen LogP contribution in [-0.2, 0) is 11.8 Å². The van der Waals surface area contributed by atoms with E-state index in [0.29, 0.717) is 6.42 Å². The molecule has 0 saturated carbocycles. The summed E-state index contributed by atoms with van der Waals surface area (Å²) in [5.41, 5.74) is 1.02. The van der Waals surface area contributed by atoms with E-state index >= 15 is 0 Å². The Morgan fingerprint density at radius 1 is 1.40 bits per heavy atom. The Bertz CT molecular complexity index is 761. The number of rotatable bonds is 5. The summed E-state index contributed by atoms with van der Waals surface area (Å²) in [4.78, 5) is 30.3. The zero-order valence-corrected chi connectivity index (χ0v) is 15.2. The molecule has 0 spiro atoms. The van der Waals surface area contributed by atoms with Gasteiger partial charge >= 0.3 is 6.03 Å². The van der Waals surface area contributed by atoms with Gasteiger partial charge in [-0.3, -0.25) is 9.69 Å². The fourth-order valence-electron chi connectivity index (χ4n) is 3.12. The molecule has 1 aromatic carbocycles. The molecule has 3 atom stereocenters. The van der Waals surface area contributed by atoms with Crippen LogP contribution in [0.15, 0.2) is 42.7 Å². The van der Waals surface area contributed by atoms with Crippen molar-refractivity contribution in [2.45, 2.75) is 37.1 Å². The predicted octanol–water partition coefficient (Wildman–Crippen LogP) is 2.85. The molecule has 7 heteroatoms. The number of imide groups is 1. The number of likely N-dealkylation sites (tertiary alicyclic amines) is 1. The number of hydrogen-bond acceptors (Lipinski definition) is 4. The van der Waals surface area contributed by atoms with Crippen LogP contribution in [0, 0.1) is 0 Å². The molecule has 2 aromatic rings. The van der Waals surface area contributed by atoms with Crippen molar-refractivity contribution in [2.75, 3.05) is 0 Å². The summed E-state index contributed by atoms with van der Waals surface area (Å²) in [6.45, 7) is 2.00. The molecule has 1 aliphatic heterocycles. The van der Waals surface area contributed by atoms with E-state index in [0.717, 1.165) is 17.8 Å². The summed E-state index contributed by atoms with van der Waals surface area (Å²) in [6, 6.07) is 8.97. The second-order valence-corrected chi connectivity index (χ2v) is 6.75. The standard InChI is InChI=1S/C18H22N4O2S/c1-3-13(12-7-5-4-6-8-12)20-18(24)22-14(11-15(22)23)16(25)17-19-9-10-21(17)2/h4-10,13-14,16,25H,3,11H2,1-2H3,(H,20,24)/t13-,14-,16?/m1/s1. The van der Waals surface area contributed by atoms with E-state index in [1.807, 2.05) is 55.1 Å². The van der Waals surface area contributed by atoms with Gasteiger partial charge in [0.25, 0.3) is 0 Å².